The van der Waals surface area contributed by atoms with Crippen molar-refractivity contribution in [3.05, 3.63) is 33.3 Å². The Morgan fingerprint density at radius 3 is 2.50 bits per heavy atom. The maximum Gasteiger partial charge on any atom is 0.292 e. The molecule has 16 heavy (non-hydrogen) atoms. The lowest BCUT2D eigenvalue weighted by Gasteiger charge is -2.03. The summed E-state index contributed by atoms with van der Waals surface area (Å²) in [7, 11) is 0. The van der Waals surface area contributed by atoms with E-state index in [1.165, 1.54) is 12.1 Å². The average molecular weight is 246 g/mol. The highest BCUT2D eigenvalue weighted by molar-refractivity contribution is 6.31. The lowest BCUT2D eigenvalue weighted by molar-refractivity contribution is -0.384. The van der Waals surface area contributed by atoms with Gasteiger partial charge in [-0.15, -0.1) is 0 Å². The third kappa shape index (κ3) is 4.95. The summed E-state index contributed by atoms with van der Waals surface area (Å²) in [5.41, 5.74) is 5.35. The molecule has 0 aliphatic carbocycles. The molecule has 6 heteroatoms. The molecule has 0 radical (unpaired) electrons. The molecule has 0 saturated carbocycles. The van der Waals surface area contributed by atoms with E-state index in [1.807, 2.05) is 13.8 Å². The number of hydrogen-bond acceptors (Lipinski definition) is 4. The van der Waals surface area contributed by atoms with Crippen molar-refractivity contribution in [2.24, 2.45) is 5.73 Å². The first-order chi connectivity index (χ1) is 7.56. The zero-order valence-electron chi connectivity index (χ0n) is 9.37. The number of rotatable bonds is 3. The minimum atomic E-state index is -0.436. The van der Waals surface area contributed by atoms with Crippen LogP contribution >= 0.6 is 11.6 Å². The second-order valence-corrected chi connectivity index (χ2v) is 3.29. The summed E-state index contributed by atoms with van der Waals surface area (Å²) in [6.07, 6.45) is 0. The summed E-state index contributed by atoms with van der Waals surface area (Å²) >= 11 is 5.69. The molecule has 0 spiro atoms. The van der Waals surface area contributed by atoms with Crippen LogP contribution in [-0.4, -0.2) is 18.0 Å². The smallest absolute Gasteiger partial charge is 0.292 e. The molecular formula is C10H16ClN3O2. The Balaban J connectivity index is 0.000000673. The fourth-order valence-corrected chi connectivity index (χ4v) is 1.17. The molecule has 3 N–H and O–H groups in total. The van der Waals surface area contributed by atoms with Gasteiger partial charge in [-0.25, -0.2) is 0 Å². The number of hydrogen-bond donors (Lipinski definition) is 2. The maximum absolute atomic E-state index is 10.5. The van der Waals surface area contributed by atoms with Gasteiger partial charge in [-0.05, 0) is 25.6 Å². The number of halogens is 1. The molecule has 1 aromatic carbocycles. The molecule has 0 aromatic heterocycles. The lowest BCUT2D eigenvalue weighted by Crippen LogP contribution is -2.00. The average Bonchev–Trinajstić information content (AvgIpc) is 2.19. The van der Waals surface area contributed by atoms with Crippen LogP contribution < -0.4 is 11.1 Å². The largest absolute Gasteiger partial charge is 0.380 e. The fraction of sp³-hybridized carbons (Fsp3) is 0.400. The Bertz CT molecular complexity index is 345. The normalized spacial score (nSPS) is 9.00. The van der Waals surface area contributed by atoms with Gasteiger partial charge in [0.1, 0.15) is 5.69 Å². The predicted octanol–water partition coefficient (Wildman–Crippen LogP) is 2.65. The minimum Gasteiger partial charge on any atom is -0.380 e. The maximum atomic E-state index is 10.5. The van der Waals surface area contributed by atoms with Crippen LogP contribution in [0.2, 0.25) is 5.02 Å². The molecule has 0 bridgehead atoms. The van der Waals surface area contributed by atoms with Gasteiger partial charge in [0, 0.05) is 17.6 Å². The molecule has 1 rings (SSSR count). The third-order valence-corrected chi connectivity index (χ3v) is 1.76. The molecule has 0 saturated heterocycles. The van der Waals surface area contributed by atoms with Crippen LogP contribution in [0.15, 0.2) is 18.2 Å². The highest BCUT2D eigenvalue weighted by Crippen LogP contribution is 2.27. The van der Waals surface area contributed by atoms with Crippen molar-refractivity contribution >= 4 is 23.0 Å². The van der Waals surface area contributed by atoms with E-state index in [9.17, 15) is 10.1 Å². The monoisotopic (exact) mass is 245 g/mol. The van der Waals surface area contributed by atoms with Crippen LogP contribution in [0.4, 0.5) is 11.4 Å². The molecule has 90 valence electrons. The van der Waals surface area contributed by atoms with Crippen LogP contribution in [0.1, 0.15) is 13.8 Å². The first-order valence-corrected chi connectivity index (χ1v) is 5.32. The van der Waals surface area contributed by atoms with E-state index in [-0.39, 0.29) is 5.69 Å². The van der Waals surface area contributed by atoms with Crippen LogP contribution in [0.25, 0.3) is 0 Å². The second-order valence-electron chi connectivity index (χ2n) is 2.86. The minimum absolute atomic E-state index is 0.0475. The second kappa shape index (κ2) is 7.90. The summed E-state index contributed by atoms with van der Waals surface area (Å²) in [4.78, 5) is 10.1. The number of nitro benzene ring substituents is 1. The van der Waals surface area contributed by atoms with E-state index in [4.69, 9.17) is 17.3 Å². The van der Waals surface area contributed by atoms with E-state index in [0.29, 0.717) is 17.3 Å². The van der Waals surface area contributed by atoms with Gasteiger partial charge in [-0.3, -0.25) is 10.1 Å². The quantitative estimate of drug-likeness (QED) is 0.634. The van der Waals surface area contributed by atoms with Crippen molar-refractivity contribution in [3.63, 3.8) is 0 Å². The Labute approximate surface area is 99.7 Å². The Morgan fingerprint density at radius 2 is 2.06 bits per heavy atom. The topological polar surface area (TPSA) is 81.2 Å². The van der Waals surface area contributed by atoms with Gasteiger partial charge in [0.2, 0.25) is 0 Å². The van der Waals surface area contributed by atoms with Crippen molar-refractivity contribution in [1.29, 1.82) is 0 Å². The molecule has 0 fully saturated rings. The zero-order chi connectivity index (χ0) is 12.6. The van der Waals surface area contributed by atoms with Gasteiger partial charge >= 0.3 is 0 Å². The van der Waals surface area contributed by atoms with Gasteiger partial charge in [0.05, 0.1) is 4.92 Å². The van der Waals surface area contributed by atoms with Crippen LogP contribution in [0.3, 0.4) is 0 Å². The van der Waals surface area contributed by atoms with Gasteiger partial charge in [0.25, 0.3) is 5.69 Å². The third-order valence-electron chi connectivity index (χ3n) is 1.52. The van der Waals surface area contributed by atoms with Gasteiger partial charge in [0.15, 0.2) is 0 Å². The Hall–Kier alpha value is -1.33. The zero-order valence-corrected chi connectivity index (χ0v) is 10.1. The van der Waals surface area contributed by atoms with Gasteiger partial charge < -0.3 is 11.1 Å². The van der Waals surface area contributed by atoms with Crippen molar-refractivity contribution in [2.45, 2.75) is 13.8 Å². The number of anilines is 1. The van der Waals surface area contributed by atoms with Crippen LogP contribution in [0.5, 0.6) is 0 Å². The Kier molecular flexibility index (Phi) is 7.24. The standard InChI is InChI=1S/C8H9ClN2O2.C2H7N/c1-2-10-7-5-6(9)3-4-8(7)11(12)13;1-2-3/h3-5,10H,2H2,1H3;2-3H2,1H3. The molecule has 5 nitrogen and oxygen atoms in total. The van der Waals surface area contributed by atoms with E-state index in [0.717, 1.165) is 6.54 Å². The van der Waals surface area contributed by atoms with E-state index in [2.05, 4.69) is 5.32 Å². The molecular weight excluding hydrogens is 230 g/mol. The fourth-order valence-electron chi connectivity index (χ4n) is 1.000. The van der Waals surface area contributed by atoms with Crippen molar-refractivity contribution in [2.75, 3.05) is 18.4 Å². The number of nitrogens with two attached hydrogens (primary N) is 1. The van der Waals surface area contributed by atoms with E-state index in [1.54, 1.807) is 6.07 Å². The predicted molar refractivity (Wildman–Crippen MR) is 67.0 cm³/mol. The summed E-state index contributed by atoms with van der Waals surface area (Å²) in [6, 6.07) is 4.43. The molecule has 1 aromatic rings. The first kappa shape index (κ1) is 14.7. The van der Waals surface area contributed by atoms with E-state index < -0.39 is 4.92 Å². The first-order valence-electron chi connectivity index (χ1n) is 4.94. The number of nitro groups is 1. The van der Waals surface area contributed by atoms with Crippen LogP contribution in [0, 0.1) is 10.1 Å². The highest BCUT2D eigenvalue weighted by Gasteiger charge is 2.12. The lowest BCUT2D eigenvalue weighted by atomic mass is 10.2. The van der Waals surface area contributed by atoms with Gasteiger partial charge in [-0.2, -0.15) is 0 Å². The SMILES string of the molecule is CCN.CCNc1cc(Cl)ccc1[N+](=O)[O-]. The summed E-state index contributed by atoms with van der Waals surface area (Å²) in [6.45, 7) is 5.14. The molecule has 0 unspecified atom stereocenters. The number of nitrogens with one attached hydrogen (secondary N) is 1. The number of benzene rings is 1. The molecule has 0 amide bonds. The van der Waals surface area contributed by atoms with Crippen molar-refractivity contribution in [1.82, 2.24) is 0 Å². The molecule has 0 heterocycles. The summed E-state index contributed by atoms with van der Waals surface area (Å²) in [5, 5.41) is 13.9. The van der Waals surface area contributed by atoms with Gasteiger partial charge in [-0.1, -0.05) is 18.5 Å². The molecule has 0 aliphatic heterocycles. The van der Waals surface area contributed by atoms with E-state index >= 15 is 0 Å². The van der Waals surface area contributed by atoms with Crippen molar-refractivity contribution in [3.8, 4) is 0 Å². The van der Waals surface area contributed by atoms with Crippen LogP contribution in [-0.2, 0) is 0 Å². The molecule has 0 atom stereocenters. The number of nitrogens with zero attached hydrogens (tertiary/aromatic N) is 1. The Morgan fingerprint density at radius 1 is 1.50 bits per heavy atom. The summed E-state index contributed by atoms with van der Waals surface area (Å²) in [5.74, 6) is 0. The highest BCUT2D eigenvalue weighted by atomic mass is 35.5. The van der Waals surface area contributed by atoms with Crippen molar-refractivity contribution < 1.29 is 4.92 Å². The molecule has 0 aliphatic rings. The summed E-state index contributed by atoms with van der Waals surface area (Å²) < 4.78 is 0.